The smallest absolute Gasteiger partial charge is 0.191 e. The molecule has 2 rings (SSSR count). The van der Waals surface area contributed by atoms with Crippen LogP contribution in [-0.4, -0.2) is 50.8 Å². The summed E-state index contributed by atoms with van der Waals surface area (Å²) in [5, 5.41) is 9.72. The van der Waals surface area contributed by atoms with Crippen LogP contribution in [0.15, 0.2) is 10.4 Å². The van der Waals surface area contributed by atoms with Crippen molar-refractivity contribution >= 4 is 46.4 Å². The fourth-order valence-corrected chi connectivity index (χ4v) is 3.63. The first-order valence-corrected chi connectivity index (χ1v) is 10.3. The van der Waals surface area contributed by atoms with Crippen molar-refractivity contribution in [2.75, 3.05) is 38.7 Å². The fourth-order valence-electron chi connectivity index (χ4n) is 2.88. The van der Waals surface area contributed by atoms with E-state index in [2.05, 4.69) is 32.9 Å². The minimum Gasteiger partial charge on any atom is -0.376 e. The number of nitrogens with zero attached hydrogens (tertiary/aromatic N) is 3. The average Bonchev–Trinajstić information content (AvgIpc) is 2.93. The van der Waals surface area contributed by atoms with Gasteiger partial charge in [-0.3, -0.25) is 0 Å². The second-order valence-electron chi connectivity index (χ2n) is 6.62. The van der Waals surface area contributed by atoms with Crippen LogP contribution in [0.5, 0.6) is 0 Å². The van der Waals surface area contributed by atoms with E-state index in [4.69, 9.17) is 4.74 Å². The van der Waals surface area contributed by atoms with Crippen LogP contribution in [0.25, 0.3) is 0 Å². The van der Waals surface area contributed by atoms with E-state index in [0.29, 0.717) is 12.6 Å². The topological polar surface area (TPSA) is 61.8 Å². The number of thiazole rings is 1. The first kappa shape index (κ1) is 23.4. The van der Waals surface area contributed by atoms with Crippen molar-refractivity contribution in [3.05, 3.63) is 11.1 Å². The number of ether oxygens (including phenoxy) is 1. The molecule has 0 amide bonds. The first-order chi connectivity index (χ1) is 12.2. The molecule has 0 spiro atoms. The number of anilines is 1. The molecule has 1 heterocycles. The molecule has 8 heteroatoms. The van der Waals surface area contributed by atoms with E-state index in [1.54, 1.807) is 11.3 Å². The number of halogens is 1. The third-order valence-electron chi connectivity index (χ3n) is 4.22. The Morgan fingerprint density at radius 2 is 2.00 bits per heavy atom. The molecular weight excluding hydrogens is 461 g/mol. The number of guanidine groups is 1. The highest BCUT2D eigenvalue weighted by Gasteiger charge is 2.12. The molecule has 6 nitrogen and oxygen atoms in total. The Morgan fingerprint density at radius 1 is 1.27 bits per heavy atom. The predicted molar refractivity (Wildman–Crippen MR) is 122 cm³/mol. The summed E-state index contributed by atoms with van der Waals surface area (Å²) in [4.78, 5) is 11.2. The molecule has 150 valence electrons. The van der Waals surface area contributed by atoms with E-state index in [9.17, 15) is 0 Å². The molecule has 26 heavy (non-hydrogen) atoms. The van der Waals surface area contributed by atoms with E-state index < -0.39 is 0 Å². The van der Waals surface area contributed by atoms with Gasteiger partial charge in [0.25, 0.3) is 0 Å². The third kappa shape index (κ3) is 8.85. The van der Waals surface area contributed by atoms with Crippen LogP contribution in [-0.2, 0) is 11.3 Å². The van der Waals surface area contributed by atoms with Gasteiger partial charge >= 0.3 is 0 Å². The first-order valence-electron chi connectivity index (χ1n) is 9.44. The van der Waals surface area contributed by atoms with Gasteiger partial charge in [-0.05, 0) is 19.8 Å². The molecule has 0 saturated heterocycles. The summed E-state index contributed by atoms with van der Waals surface area (Å²) in [6.45, 7) is 5.02. The standard InChI is InChI=1S/C18H33N5OS.HI/c1-4-19-17(21-13-15-14-25-18(22-15)23(2)3)20-11-12-24-16-9-7-5-6-8-10-16;/h14,16H,4-13H2,1-3H3,(H2,19,20,21);1H. The number of rotatable bonds is 8. The molecular formula is C18H34IN5OS. The van der Waals surface area contributed by atoms with Crippen LogP contribution in [0.1, 0.15) is 51.1 Å². The Hall–Kier alpha value is -0.610. The highest BCUT2D eigenvalue weighted by Crippen LogP contribution is 2.19. The molecule has 0 radical (unpaired) electrons. The van der Waals surface area contributed by atoms with Crippen LogP contribution >= 0.6 is 35.3 Å². The van der Waals surface area contributed by atoms with Crippen molar-refractivity contribution in [2.24, 2.45) is 4.99 Å². The van der Waals surface area contributed by atoms with Gasteiger partial charge in [-0.15, -0.1) is 35.3 Å². The maximum Gasteiger partial charge on any atom is 0.191 e. The molecule has 1 aromatic rings. The summed E-state index contributed by atoms with van der Waals surface area (Å²) in [6, 6.07) is 0. The zero-order chi connectivity index (χ0) is 17.9. The van der Waals surface area contributed by atoms with Gasteiger partial charge in [-0.25, -0.2) is 9.98 Å². The quantitative estimate of drug-likeness (QED) is 0.190. The van der Waals surface area contributed by atoms with Crippen molar-refractivity contribution in [3.63, 3.8) is 0 Å². The van der Waals surface area contributed by atoms with Crippen molar-refractivity contribution in [1.29, 1.82) is 0 Å². The van der Waals surface area contributed by atoms with Gasteiger partial charge in [0, 0.05) is 32.6 Å². The van der Waals surface area contributed by atoms with Crippen LogP contribution in [0.2, 0.25) is 0 Å². The Bertz CT molecular complexity index is 515. The molecule has 1 saturated carbocycles. The van der Waals surface area contributed by atoms with Crippen LogP contribution in [0.3, 0.4) is 0 Å². The Kier molecular flexibility index (Phi) is 12.2. The second-order valence-corrected chi connectivity index (χ2v) is 7.46. The maximum atomic E-state index is 6.02. The predicted octanol–water partition coefficient (Wildman–Crippen LogP) is 3.62. The maximum absolute atomic E-state index is 6.02. The highest BCUT2D eigenvalue weighted by molar-refractivity contribution is 14.0. The summed E-state index contributed by atoms with van der Waals surface area (Å²) in [7, 11) is 4.01. The summed E-state index contributed by atoms with van der Waals surface area (Å²) < 4.78 is 6.02. The molecule has 0 bridgehead atoms. The molecule has 1 fully saturated rings. The largest absolute Gasteiger partial charge is 0.376 e. The van der Waals surface area contributed by atoms with Crippen LogP contribution < -0.4 is 15.5 Å². The van der Waals surface area contributed by atoms with Crippen molar-refractivity contribution in [2.45, 2.75) is 58.1 Å². The van der Waals surface area contributed by atoms with Gasteiger partial charge in [0.1, 0.15) is 0 Å². The highest BCUT2D eigenvalue weighted by atomic mass is 127. The van der Waals surface area contributed by atoms with Crippen molar-refractivity contribution in [1.82, 2.24) is 15.6 Å². The van der Waals surface area contributed by atoms with E-state index in [0.717, 1.165) is 36.5 Å². The molecule has 0 aromatic carbocycles. The van der Waals surface area contributed by atoms with Gasteiger partial charge in [0.15, 0.2) is 11.1 Å². The number of aromatic nitrogens is 1. The molecule has 0 atom stereocenters. The zero-order valence-corrected chi connectivity index (χ0v) is 19.4. The molecule has 0 unspecified atom stereocenters. The summed E-state index contributed by atoms with van der Waals surface area (Å²) in [5.41, 5.74) is 1.00. The molecule has 2 N–H and O–H groups in total. The van der Waals surface area contributed by atoms with E-state index in [1.165, 1.54) is 38.5 Å². The van der Waals surface area contributed by atoms with Crippen molar-refractivity contribution in [3.8, 4) is 0 Å². The monoisotopic (exact) mass is 495 g/mol. The van der Waals surface area contributed by atoms with E-state index in [-0.39, 0.29) is 24.0 Å². The number of hydrogen-bond acceptors (Lipinski definition) is 5. The SMILES string of the molecule is CCNC(=NCc1csc(N(C)C)n1)NCCOC1CCCCCC1.I. The minimum absolute atomic E-state index is 0. The summed E-state index contributed by atoms with van der Waals surface area (Å²) in [6.07, 6.45) is 8.22. The van der Waals surface area contributed by atoms with E-state index >= 15 is 0 Å². The van der Waals surface area contributed by atoms with Crippen molar-refractivity contribution < 1.29 is 4.74 Å². The Morgan fingerprint density at radius 3 is 2.62 bits per heavy atom. The number of nitrogens with one attached hydrogen (secondary N) is 2. The Labute approximate surface area is 179 Å². The zero-order valence-electron chi connectivity index (χ0n) is 16.3. The molecule has 1 aliphatic carbocycles. The fraction of sp³-hybridized carbons (Fsp3) is 0.778. The molecule has 0 aliphatic heterocycles. The second kappa shape index (κ2) is 13.5. The lowest BCUT2D eigenvalue weighted by Gasteiger charge is -2.16. The lowest BCUT2D eigenvalue weighted by atomic mass is 10.1. The van der Waals surface area contributed by atoms with Crippen LogP contribution in [0, 0.1) is 0 Å². The number of hydrogen-bond donors (Lipinski definition) is 2. The number of aliphatic imine (C=N–C) groups is 1. The summed E-state index contributed by atoms with van der Waals surface area (Å²) in [5.74, 6) is 0.825. The third-order valence-corrected chi connectivity index (χ3v) is 5.27. The molecule has 1 aromatic heterocycles. The van der Waals surface area contributed by atoms with Gasteiger partial charge in [0.05, 0.1) is 24.9 Å². The van der Waals surface area contributed by atoms with Gasteiger partial charge in [0.2, 0.25) is 0 Å². The minimum atomic E-state index is 0. The summed E-state index contributed by atoms with van der Waals surface area (Å²) >= 11 is 1.65. The lowest BCUT2D eigenvalue weighted by Crippen LogP contribution is -2.39. The molecule has 1 aliphatic rings. The van der Waals surface area contributed by atoms with Crippen LogP contribution in [0.4, 0.5) is 5.13 Å². The van der Waals surface area contributed by atoms with Gasteiger partial charge in [-0.1, -0.05) is 25.7 Å². The van der Waals surface area contributed by atoms with Gasteiger partial charge in [-0.2, -0.15) is 0 Å². The lowest BCUT2D eigenvalue weighted by molar-refractivity contribution is 0.0468. The van der Waals surface area contributed by atoms with E-state index in [1.807, 2.05) is 19.0 Å². The normalized spacial score (nSPS) is 15.9. The average molecular weight is 495 g/mol. The Balaban J connectivity index is 0.00000338. The van der Waals surface area contributed by atoms with Gasteiger partial charge < -0.3 is 20.3 Å².